The van der Waals surface area contributed by atoms with Crippen molar-refractivity contribution in [2.45, 2.75) is 43.4 Å². The molecule has 3 fully saturated rings. The minimum Gasteiger partial charge on any atom is -0.465 e. The zero-order chi connectivity index (χ0) is 32.9. The maximum atomic E-state index is 16.8. The molecule has 0 unspecified atom stereocenters. The molecule has 1 aromatic heterocycles. The molecule has 3 atom stereocenters. The summed E-state index contributed by atoms with van der Waals surface area (Å²) in [6.45, 7) is 1.43. The second-order valence-corrected chi connectivity index (χ2v) is 12.4. The second-order valence-electron chi connectivity index (χ2n) is 12.4. The van der Waals surface area contributed by atoms with Crippen molar-refractivity contribution in [3.63, 3.8) is 0 Å². The van der Waals surface area contributed by atoms with Crippen molar-refractivity contribution in [2.75, 3.05) is 44.2 Å². The van der Waals surface area contributed by atoms with E-state index < -0.39 is 35.5 Å². The number of piperazine rings is 1. The van der Waals surface area contributed by atoms with E-state index in [4.69, 9.17) is 11.2 Å². The quantitative estimate of drug-likeness (QED) is 0.266. The van der Waals surface area contributed by atoms with Crippen LogP contribution in [0.5, 0.6) is 6.01 Å². The lowest BCUT2D eigenvalue weighted by Gasteiger charge is -2.40. The third-order valence-corrected chi connectivity index (χ3v) is 9.76. The Morgan fingerprint density at radius 2 is 1.96 bits per heavy atom. The van der Waals surface area contributed by atoms with E-state index in [-0.39, 0.29) is 66.5 Å². The van der Waals surface area contributed by atoms with Crippen LogP contribution in [0.15, 0.2) is 42.5 Å². The highest BCUT2D eigenvalue weighted by atomic mass is 19.1. The van der Waals surface area contributed by atoms with E-state index >= 15 is 8.78 Å². The maximum absolute atomic E-state index is 16.8. The van der Waals surface area contributed by atoms with Crippen LogP contribution in [0.2, 0.25) is 0 Å². The average Bonchev–Trinajstić information content (AvgIpc) is 3.59. The molecule has 1 amide bonds. The number of nitrogens with zero attached hydrogens (tertiary/aromatic N) is 6. The first-order valence-electron chi connectivity index (χ1n) is 15.5. The number of nitriles is 1. The molecule has 4 aromatic rings. The molecule has 9 nitrogen and oxygen atoms in total. The van der Waals surface area contributed by atoms with Crippen LogP contribution in [0.25, 0.3) is 32.8 Å². The molecule has 47 heavy (non-hydrogen) atoms. The Bertz CT molecular complexity index is 1990. The van der Waals surface area contributed by atoms with Crippen molar-refractivity contribution < 1.29 is 27.8 Å². The summed E-state index contributed by atoms with van der Waals surface area (Å²) in [5.74, 6) is 0.974. The van der Waals surface area contributed by atoms with Gasteiger partial charge in [0.25, 0.3) is 0 Å². The molecule has 0 aliphatic carbocycles. The van der Waals surface area contributed by atoms with Gasteiger partial charge in [0.05, 0.1) is 29.6 Å². The van der Waals surface area contributed by atoms with Crippen LogP contribution in [-0.4, -0.2) is 88.1 Å². The Morgan fingerprint density at radius 3 is 2.72 bits per heavy atom. The predicted octanol–water partition coefficient (Wildman–Crippen LogP) is 5.75. The van der Waals surface area contributed by atoms with E-state index in [1.54, 1.807) is 29.2 Å². The normalized spacial score (nSPS) is 22.7. The van der Waals surface area contributed by atoms with Gasteiger partial charge in [-0.15, -0.1) is 6.42 Å². The minimum atomic E-state index is -1.16. The van der Waals surface area contributed by atoms with Gasteiger partial charge < -0.3 is 19.6 Å². The van der Waals surface area contributed by atoms with Crippen LogP contribution in [0.1, 0.15) is 31.2 Å². The monoisotopic (exact) mass is 640 g/mol. The average molecular weight is 641 g/mol. The molecule has 3 aliphatic heterocycles. The van der Waals surface area contributed by atoms with Gasteiger partial charge in [-0.05, 0) is 42.5 Å². The number of halogens is 3. The number of ether oxygens (including phenoxy) is 1. The number of hydrogen-bond donors (Lipinski definition) is 1. The summed E-state index contributed by atoms with van der Waals surface area (Å²) < 4.78 is 53.7. The molecule has 240 valence electrons. The Labute approximate surface area is 269 Å². The van der Waals surface area contributed by atoms with Gasteiger partial charge in [0.1, 0.15) is 29.9 Å². The fraction of sp³-hybridized carbons (Fsp3) is 0.371. The standard InChI is InChI=1S/C35H31F3N6O3/c1-2-21-6-3-7-22-8-4-9-25(28(21)22)29-27(37)16-26-31(30(29)38)40-33(47-20-35-11-5-13-43(35)18-23(36)17-35)41-32(26)42-14-15-44(34(45)46)24(19-42)10-12-39/h1,3-4,6-9,16,23-24H,5,10-11,13-15,17-20H2,(H,45,46)/t23-,24+,35+/m1/s1. The zero-order valence-electron chi connectivity index (χ0n) is 25.4. The fourth-order valence-electron chi connectivity index (χ4n) is 7.61. The molecule has 0 saturated carbocycles. The number of aromatic nitrogens is 2. The summed E-state index contributed by atoms with van der Waals surface area (Å²) >= 11 is 0. The van der Waals surface area contributed by atoms with Crippen LogP contribution >= 0.6 is 0 Å². The number of hydrogen-bond acceptors (Lipinski definition) is 7. The Kier molecular flexibility index (Phi) is 7.77. The van der Waals surface area contributed by atoms with Gasteiger partial charge >= 0.3 is 12.1 Å². The third kappa shape index (κ3) is 5.23. The summed E-state index contributed by atoms with van der Waals surface area (Å²) in [7, 11) is 0. The highest BCUT2D eigenvalue weighted by Gasteiger charge is 2.49. The summed E-state index contributed by atoms with van der Waals surface area (Å²) in [5, 5.41) is 20.4. The zero-order valence-corrected chi connectivity index (χ0v) is 25.4. The summed E-state index contributed by atoms with van der Waals surface area (Å²) in [6, 6.07) is 12.8. The molecule has 3 aliphatic rings. The van der Waals surface area contributed by atoms with Crippen LogP contribution in [0.4, 0.5) is 23.8 Å². The van der Waals surface area contributed by atoms with Crippen LogP contribution in [0, 0.1) is 35.3 Å². The number of carboxylic acid groups (broad SMARTS) is 1. The molecule has 3 saturated heterocycles. The molecule has 0 radical (unpaired) electrons. The second kappa shape index (κ2) is 11.9. The van der Waals surface area contributed by atoms with Gasteiger partial charge in [-0.1, -0.05) is 36.3 Å². The number of fused-ring (bicyclic) bond motifs is 3. The molecule has 1 N–H and O–H groups in total. The first-order valence-corrected chi connectivity index (χ1v) is 15.5. The highest BCUT2D eigenvalue weighted by molar-refractivity contribution is 6.03. The van der Waals surface area contributed by atoms with E-state index in [2.05, 4.69) is 20.8 Å². The molecule has 4 heterocycles. The maximum Gasteiger partial charge on any atom is 0.407 e. The number of carbonyl (C=O) groups is 1. The van der Waals surface area contributed by atoms with E-state index in [1.807, 2.05) is 18.2 Å². The summed E-state index contributed by atoms with van der Waals surface area (Å²) in [6.07, 6.45) is 5.50. The fourth-order valence-corrected chi connectivity index (χ4v) is 7.61. The van der Waals surface area contributed by atoms with Gasteiger partial charge in [-0.2, -0.15) is 15.2 Å². The highest BCUT2D eigenvalue weighted by Crippen LogP contribution is 2.42. The van der Waals surface area contributed by atoms with Gasteiger partial charge in [0, 0.05) is 48.9 Å². The van der Waals surface area contributed by atoms with Crippen molar-refractivity contribution in [3.8, 4) is 35.6 Å². The Morgan fingerprint density at radius 1 is 1.15 bits per heavy atom. The molecular weight excluding hydrogens is 609 g/mol. The molecule has 12 heteroatoms. The van der Waals surface area contributed by atoms with Crippen molar-refractivity contribution >= 4 is 33.6 Å². The van der Waals surface area contributed by atoms with Gasteiger partial charge in [-0.25, -0.2) is 18.0 Å². The minimum absolute atomic E-state index is 0.0489. The van der Waals surface area contributed by atoms with Crippen molar-refractivity contribution in [3.05, 3.63) is 59.7 Å². The predicted molar refractivity (Wildman–Crippen MR) is 170 cm³/mol. The van der Waals surface area contributed by atoms with Crippen molar-refractivity contribution in [1.29, 1.82) is 5.26 Å². The van der Waals surface area contributed by atoms with Gasteiger partial charge in [0.15, 0.2) is 5.82 Å². The Balaban J connectivity index is 1.38. The number of terminal acetylenes is 1. The van der Waals surface area contributed by atoms with Gasteiger partial charge in [-0.3, -0.25) is 4.90 Å². The number of anilines is 1. The summed E-state index contributed by atoms with van der Waals surface area (Å²) in [5.41, 5.74) is -0.280. The number of benzene rings is 3. The van der Waals surface area contributed by atoms with Gasteiger partial charge in [0.2, 0.25) is 0 Å². The van der Waals surface area contributed by atoms with Crippen molar-refractivity contribution in [2.24, 2.45) is 0 Å². The van der Waals surface area contributed by atoms with E-state index in [9.17, 15) is 19.6 Å². The van der Waals surface area contributed by atoms with Crippen LogP contribution in [0.3, 0.4) is 0 Å². The SMILES string of the molecule is C#Cc1cccc2cccc(-c3c(F)cc4c(N5CCN(C(=O)O)[C@@H](CC#N)C5)nc(OC[C@@]56CCCN5C[C@H](F)C6)nc4c3F)c12. The molecule has 7 rings (SSSR count). The molecular formula is C35H31F3N6O3. The summed E-state index contributed by atoms with van der Waals surface area (Å²) in [4.78, 5) is 25.9. The molecule has 0 spiro atoms. The van der Waals surface area contributed by atoms with Crippen LogP contribution < -0.4 is 9.64 Å². The smallest absolute Gasteiger partial charge is 0.407 e. The lowest BCUT2D eigenvalue weighted by Crippen LogP contribution is -2.55. The first-order chi connectivity index (χ1) is 22.7. The number of rotatable bonds is 6. The van der Waals surface area contributed by atoms with Crippen molar-refractivity contribution in [1.82, 2.24) is 19.8 Å². The molecule has 0 bridgehead atoms. The van der Waals surface area contributed by atoms with E-state index in [0.29, 0.717) is 29.3 Å². The lowest BCUT2D eigenvalue weighted by atomic mass is 9.93. The number of alkyl halides is 1. The van der Waals surface area contributed by atoms with Crippen LogP contribution in [-0.2, 0) is 0 Å². The van der Waals surface area contributed by atoms with E-state index in [0.717, 1.165) is 19.4 Å². The van der Waals surface area contributed by atoms with E-state index in [1.165, 1.54) is 11.0 Å². The third-order valence-electron chi connectivity index (χ3n) is 9.76. The first kappa shape index (κ1) is 30.6. The number of amides is 1. The molecule has 3 aromatic carbocycles. The Hall–Kier alpha value is -5.07. The largest absolute Gasteiger partial charge is 0.465 e. The topological polar surface area (TPSA) is 106 Å². The lowest BCUT2D eigenvalue weighted by molar-refractivity contribution is 0.107.